The van der Waals surface area contributed by atoms with Crippen molar-refractivity contribution in [1.29, 1.82) is 0 Å². The van der Waals surface area contributed by atoms with E-state index in [0.717, 1.165) is 10.7 Å². The summed E-state index contributed by atoms with van der Waals surface area (Å²) in [5.74, 6) is 0.366. The maximum Gasteiger partial charge on any atom is 0.345 e. The molecule has 0 spiro atoms. The highest BCUT2D eigenvalue weighted by Crippen LogP contribution is 2.20. The van der Waals surface area contributed by atoms with Crippen LogP contribution in [-0.2, 0) is 6.54 Å². The molecule has 2 rings (SSSR count). The Kier molecular flexibility index (Phi) is 3.19. The molecule has 0 N–H and O–H groups in total. The third-order valence-corrected chi connectivity index (χ3v) is 3.45. The monoisotopic (exact) mass is 252 g/mol. The number of nitrogens with zero attached hydrogens (tertiary/aromatic N) is 4. The minimum atomic E-state index is -0.442. The SMILES string of the molecule is CC(C)c1nc(Cn2nccc2[N+](=O)[O-])cs1. The molecule has 0 aliphatic heterocycles. The van der Waals surface area contributed by atoms with E-state index in [1.807, 2.05) is 5.38 Å². The van der Waals surface area contributed by atoms with Gasteiger partial charge < -0.3 is 10.1 Å². The molecular formula is C10H12N4O2S. The highest BCUT2D eigenvalue weighted by molar-refractivity contribution is 7.09. The van der Waals surface area contributed by atoms with E-state index in [9.17, 15) is 10.1 Å². The standard InChI is InChI=1S/C10H12N4O2S/c1-7(2)10-12-8(6-17-10)5-13-9(14(15)16)3-4-11-13/h3-4,6-7H,5H2,1-2H3. The van der Waals surface area contributed by atoms with Crippen molar-refractivity contribution in [3.8, 4) is 0 Å². The van der Waals surface area contributed by atoms with E-state index in [-0.39, 0.29) is 5.82 Å². The maximum atomic E-state index is 10.7. The minimum absolute atomic E-state index is 0.0101. The van der Waals surface area contributed by atoms with Crippen molar-refractivity contribution in [2.24, 2.45) is 0 Å². The number of hydrogen-bond acceptors (Lipinski definition) is 5. The summed E-state index contributed by atoms with van der Waals surface area (Å²) in [7, 11) is 0. The summed E-state index contributed by atoms with van der Waals surface area (Å²) < 4.78 is 1.35. The van der Waals surface area contributed by atoms with Crippen LogP contribution in [0.5, 0.6) is 0 Å². The number of aromatic nitrogens is 3. The van der Waals surface area contributed by atoms with E-state index < -0.39 is 4.92 Å². The molecule has 6 nitrogen and oxygen atoms in total. The number of nitro groups is 1. The van der Waals surface area contributed by atoms with Crippen molar-refractivity contribution in [2.75, 3.05) is 0 Å². The first kappa shape index (κ1) is 11.7. The number of rotatable bonds is 4. The van der Waals surface area contributed by atoms with Crippen LogP contribution in [0.1, 0.15) is 30.5 Å². The van der Waals surface area contributed by atoms with Crippen LogP contribution in [0.4, 0.5) is 5.82 Å². The Hall–Kier alpha value is -1.76. The second kappa shape index (κ2) is 4.62. The summed E-state index contributed by atoms with van der Waals surface area (Å²) >= 11 is 1.57. The van der Waals surface area contributed by atoms with Crippen LogP contribution < -0.4 is 0 Å². The zero-order chi connectivity index (χ0) is 12.4. The van der Waals surface area contributed by atoms with Gasteiger partial charge in [0, 0.05) is 11.3 Å². The largest absolute Gasteiger partial charge is 0.358 e. The smallest absolute Gasteiger partial charge is 0.345 e. The van der Waals surface area contributed by atoms with E-state index in [4.69, 9.17) is 0 Å². The van der Waals surface area contributed by atoms with E-state index in [1.54, 1.807) is 11.3 Å². The van der Waals surface area contributed by atoms with Crippen molar-refractivity contribution in [3.63, 3.8) is 0 Å². The second-order valence-corrected chi connectivity index (χ2v) is 4.83. The Morgan fingerprint density at radius 2 is 2.35 bits per heavy atom. The lowest BCUT2D eigenvalue weighted by atomic mass is 10.2. The molecule has 0 aromatic carbocycles. The van der Waals surface area contributed by atoms with Gasteiger partial charge in [0.15, 0.2) is 6.54 Å². The Bertz CT molecular complexity index is 532. The van der Waals surface area contributed by atoms with Crippen molar-refractivity contribution in [1.82, 2.24) is 14.8 Å². The van der Waals surface area contributed by atoms with Gasteiger partial charge >= 0.3 is 5.82 Å². The summed E-state index contributed by atoms with van der Waals surface area (Å²) in [5.41, 5.74) is 0.811. The third-order valence-electron chi connectivity index (χ3n) is 2.26. The number of hydrogen-bond donors (Lipinski definition) is 0. The molecule has 0 unspecified atom stereocenters. The molecule has 0 saturated heterocycles. The first-order chi connectivity index (χ1) is 8.08. The average molecular weight is 252 g/mol. The van der Waals surface area contributed by atoms with Crippen LogP contribution in [0.3, 0.4) is 0 Å². The highest BCUT2D eigenvalue weighted by atomic mass is 32.1. The molecule has 0 saturated carbocycles. The van der Waals surface area contributed by atoms with Crippen LogP contribution >= 0.6 is 11.3 Å². The van der Waals surface area contributed by atoms with Gasteiger partial charge in [0.25, 0.3) is 0 Å². The first-order valence-electron chi connectivity index (χ1n) is 5.18. The van der Waals surface area contributed by atoms with Crippen molar-refractivity contribution in [3.05, 3.63) is 38.5 Å². The van der Waals surface area contributed by atoms with E-state index in [2.05, 4.69) is 23.9 Å². The topological polar surface area (TPSA) is 73.8 Å². The molecule has 2 heterocycles. The molecule has 17 heavy (non-hydrogen) atoms. The Morgan fingerprint density at radius 3 is 2.94 bits per heavy atom. The van der Waals surface area contributed by atoms with Gasteiger partial charge in [0.05, 0.1) is 23.0 Å². The lowest BCUT2D eigenvalue weighted by molar-refractivity contribution is -0.392. The summed E-state index contributed by atoms with van der Waals surface area (Å²) in [6.45, 7) is 4.48. The van der Waals surface area contributed by atoms with Gasteiger partial charge in [0.1, 0.15) is 0 Å². The molecule has 2 aromatic rings. The lowest BCUT2D eigenvalue weighted by Crippen LogP contribution is -2.06. The fraction of sp³-hybridized carbons (Fsp3) is 0.400. The van der Waals surface area contributed by atoms with Crippen LogP contribution in [0, 0.1) is 10.1 Å². The molecule has 2 aromatic heterocycles. The maximum absolute atomic E-state index is 10.7. The Labute approximate surface area is 102 Å². The van der Waals surface area contributed by atoms with Crippen LogP contribution in [0.25, 0.3) is 0 Å². The van der Waals surface area contributed by atoms with Crippen LogP contribution in [0.15, 0.2) is 17.6 Å². The van der Waals surface area contributed by atoms with Gasteiger partial charge in [-0.05, 0) is 4.92 Å². The van der Waals surface area contributed by atoms with Crippen LogP contribution in [-0.4, -0.2) is 19.7 Å². The third kappa shape index (κ3) is 2.50. The molecule has 0 aliphatic carbocycles. The first-order valence-corrected chi connectivity index (χ1v) is 6.06. The zero-order valence-corrected chi connectivity index (χ0v) is 10.3. The van der Waals surface area contributed by atoms with Gasteiger partial charge in [-0.3, -0.25) is 0 Å². The summed E-state index contributed by atoms with van der Waals surface area (Å²) in [4.78, 5) is 14.7. The predicted molar refractivity (Wildman–Crippen MR) is 64.2 cm³/mol. The molecule has 0 amide bonds. The van der Waals surface area contributed by atoms with Crippen molar-refractivity contribution >= 4 is 17.2 Å². The fourth-order valence-corrected chi connectivity index (χ4v) is 2.24. The minimum Gasteiger partial charge on any atom is -0.358 e. The van der Waals surface area contributed by atoms with E-state index >= 15 is 0 Å². The van der Waals surface area contributed by atoms with Crippen LogP contribution in [0.2, 0.25) is 0 Å². The van der Waals surface area contributed by atoms with Gasteiger partial charge in [-0.25, -0.2) is 4.98 Å². The summed E-state index contributed by atoms with van der Waals surface area (Å²) in [6.07, 6.45) is 1.42. The van der Waals surface area contributed by atoms with Gasteiger partial charge in [-0.2, -0.15) is 0 Å². The van der Waals surface area contributed by atoms with Crippen molar-refractivity contribution < 1.29 is 4.92 Å². The summed E-state index contributed by atoms with van der Waals surface area (Å²) in [5, 5.41) is 17.6. The Balaban J connectivity index is 2.19. The predicted octanol–water partition coefficient (Wildman–Crippen LogP) is 2.42. The van der Waals surface area contributed by atoms with Gasteiger partial charge in [0.2, 0.25) is 0 Å². The normalized spacial score (nSPS) is 11.0. The fourth-order valence-electron chi connectivity index (χ4n) is 1.42. The molecule has 0 fully saturated rings. The zero-order valence-electron chi connectivity index (χ0n) is 9.53. The molecule has 0 aliphatic rings. The second-order valence-electron chi connectivity index (χ2n) is 3.94. The molecule has 7 heteroatoms. The summed E-state index contributed by atoms with van der Waals surface area (Å²) in [6, 6.07) is 1.38. The van der Waals surface area contributed by atoms with E-state index in [0.29, 0.717) is 12.5 Å². The lowest BCUT2D eigenvalue weighted by Gasteiger charge is -1.98. The molecule has 90 valence electrons. The average Bonchev–Trinajstić information content (AvgIpc) is 2.86. The van der Waals surface area contributed by atoms with E-state index in [1.165, 1.54) is 16.9 Å². The molecule has 0 atom stereocenters. The number of thiazole rings is 1. The molecule has 0 radical (unpaired) electrons. The van der Waals surface area contributed by atoms with Gasteiger partial charge in [-0.15, -0.1) is 16.0 Å². The van der Waals surface area contributed by atoms with Gasteiger partial charge in [-0.1, -0.05) is 18.9 Å². The van der Waals surface area contributed by atoms with Crippen molar-refractivity contribution in [2.45, 2.75) is 26.3 Å². The molecular weight excluding hydrogens is 240 g/mol. The quantitative estimate of drug-likeness (QED) is 0.618. The Morgan fingerprint density at radius 1 is 1.59 bits per heavy atom. The molecule has 0 bridgehead atoms. The highest BCUT2D eigenvalue weighted by Gasteiger charge is 2.15.